The summed E-state index contributed by atoms with van der Waals surface area (Å²) in [5, 5.41) is 11.8. The van der Waals surface area contributed by atoms with Gasteiger partial charge in [-0.1, -0.05) is 30.3 Å². The van der Waals surface area contributed by atoms with Gasteiger partial charge in [0.2, 0.25) is 0 Å². The Kier molecular flexibility index (Phi) is 2.87. The second-order valence-electron chi connectivity index (χ2n) is 6.26. The SMILES string of the molecule is O[C@H](C[C@@H]1c2ccccc2-c2cncn21)c1ccc2occc2c1. The zero-order valence-corrected chi connectivity index (χ0v) is 13.0. The van der Waals surface area contributed by atoms with E-state index in [-0.39, 0.29) is 6.04 Å². The van der Waals surface area contributed by atoms with Crippen LogP contribution >= 0.6 is 0 Å². The standard InChI is InChI=1S/C20H16N2O2/c23-19(13-5-6-20-14(9-13)7-8-24-20)10-17-15-3-1-2-4-16(15)18-11-21-12-22(17)18/h1-9,11-12,17,19,23H,10H2/t17-,19-/m1/s1. The monoisotopic (exact) mass is 316 g/mol. The van der Waals surface area contributed by atoms with Crippen LogP contribution in [0.25, 0.3) is 22.2 Å². The Morgan fingerprint density at radius 1 is 1.17 bits per heavy atom. The molecule has 0 unspecified atom stereocenters. The zero-order chi connectivity index (χ0) is 16.1. The quantitative estimate of drug-likeness (QED) is 0.612. The highest BCUT2D eigenvalue weighted by atomic mass is 16.3. The van der Waals surface area contributed by atoms with Crippen molar-refractivity contribution in [1.82, 2.24) is 9.55 Å². The summed E-state index contributed by atoms with van der Waals surface area (Å²) in [6.45, 7) is 0. The van der Waals surface area contributed by atoms with Crippen LogP contribution in [0.2, 0.25) is 0 Å². The van der Waals surface area contributed by atoms with Crippen molar-refractivity contribution in [1.29, 1.82) is 0 Å². The van der Waals surface area contributed by atoms with E-state index in [1.54, 1.807) is 6.26 Å². The van der Waals surface area contributed by atoms with Crippen LogP contribution in [0.15, 0.2) is 71.7 Å². The molecule has 1 N–H and O–H groups in total. The Balaban J connectivity index is 1.51. The molecular formula is C20H16N2O2. The molecule has 24 heavy (non-hydrogen) atoms. The summed E-state index contributed by atoms with van der Waals surface area (Å²) in [6.07, 6.45) is 5.49. The van der Waals surface area contributed by atoms with Gasteiger partial charge in [-0.15, -0.1) is 0 Å². The van der Waals surface area contributed by atoms with Crippen LogP contribution in [-0.4, -0.2) is 14.7 Å². The molecule has 3 heterocycles. The number of imidazole rings is 1. The van der Waals surface area contributed by atoms with Crippen molar-refractivity contribution >= 4 is 11.0 Å². The molecule has 0 saturated carbocycles. The molecule has 1 aliphatic heterocycles. The molecule has 5 rings (SSSR count). The van der Waals surface area contributed by atoms with Gasteiger partial charge in [-0.05, 0) is 29.3 Å². The Labute approximate surface area is 139 Å². The van der Waals surface area contributed by atoms with Crippen molar-refractivity contribution in [3.8, 4) is 11.3 Å². The summed E-state index contributed by atoms with van der Waals surface area (Å²) < 4.78 is 7.53. The van der Waals surface area contributed by atoms with Crippen LogP contribution in [0.3, 0.4) is 0 Å². The van der Waals surface area contributed by atoms with E-state index in [0.29, 0.717) is 6.42 Å². The molecule has 0 aliphatic carbocycles. The third-order valence-corrected chi connectivity index (χ3v) is 4.91. The van der Waals surface area contributed by atoms with Gasteiger partial charge in [0.1, 0.15) is 5.58 Å². The molecule has 0 saturated heterocycles. The molecule has 0 bridgehead atoms. The summed E-state index contributed by atoms with van der Waals surface area (Å²) >= 11 is 0. The molecule has 4 nitrogen and oxygen atoms in total. The van der Waals surface area contributed by atoms with Crippen molar-refractivity contribution < 1.29 is 9.52 Å². The minimum atomic E-state index is -0.546. The van der Waals surface area contributed by atoms with Crippen LogP contribution in [-0.2, 0) is 0 Å². The maximum atomic E-state index is 10.8. The molecule has 4 aromatic rings. The smallest absolute Gasteiger partial charge is 0.133 e. The highest BCUT2D eigenvalue weighted by molar-refractivity contribution is 5.77. The molecule has 1 aliphatic rings. The number of aliphatic hydroxyl groups excluding tert-OH is 1. The van der Waals surface area contributed by atoms with E-state index in [9.17, 15) is 5.11 Å². The lowest BCUT2D eigenvalue weighted by Crippen LogP contribution is -2.10. The Hall–Kier alpha value is -2.85. The van der Waals surface area contributed by atoms with E-state index >= 15 is 0 Å². The maximum Gasteiger partial charge on any atom is 0.133 e. The van der Waals surface area contributed by atoms with Gasteiger partial charge in [-0.3, -0.25) is 0 Å². The lowest BCUT2D eigenvalue weighted by atomic mass is 9.95. The molecule has 4 heteroatoms. The molecular weight excluding hydrogens is 300 g/mol. The van der Waals surface area contributed by atoms with Crippen molar-refractivity contribution in [3.05, 3.63) is 78.4 Å². The fourth-order valence-corrected chi connectivity index (χ4v) is 3.71. The van der Waals surface area contributed by atoms with E-state index < -0.39 is 6.10 Å². The molecule has 2 aromatic carbocycles. The first-order chi connectivity index (χ1) is 11.8. The van der Waals surface area contributed by atoms with E-state index in [1.165, 1.54) is 11.1 Å². The topological polar surface area (TPSA) is 51.2 Å². The Morgan fingerprint density at radius 3 is 3.04 bits per heavy atom. The average Bonchev–Trinajstić information content (AvgIpc) is 3.31. The molecule has 0 radical (unpaired) electrons. The summed E-state index contributed by atoms with van der Waals surface area (Å²) in [5.41, 5.74) is 5.33. The van der Waals surface area contributed by atoms with Gasteiger partial charge >= 0.3 is 0 Å². The van der Waals surface area contributed by atoms with Gasteiger partial charge in [-0.25, -0.2) is 4.98 Å². The average molecular weight is 316 g/mol. The highest BCUT2D eigenvalue weighted by Gasteiger charge is 2.30. The van der Waals surface area contributed by atoms with E-state index in [0.717, 1.165) is 22.2 Å². The van der Waals surface area contributed by atoms with Gasteiger partial charge in [0.15, 0.2) is 0 Å². The van der Waals surface area contributed by atoms with Gasteiger partial charge in [-0.2, -0.15) is 0 Å². The predicted molar refractivity (Wildman–Crippen MR) is 91.6 cm³/mol. The minimum Gasteiger partial charge on any atom is -0.464 e. The number of furan rings is 1. The summed E-state index contributed by atoms with van der Waals surface area (Å²) in [4.78, 5) is 4.28. The number of hydrogen-bond acceptors (Lipinski definition) is 3. The largest absolute Gasteiger partial charge is 0.464 e. The van der Waals surface area contributed by atoms with Crippen LogP contribution in [0.1, 0.15) is 29.7 Å². The molecule has 2 aromatic heterocycles. The van der Waals surface area contributed by atoms with E-state index in [4.69, 9.17) is 4.42 Å². The summed E-state index contributed by atoms with van der Waals surface area (Å²) in [7, 11) is 0. The number of nitrogens with zero attached hydrogens (tertiary/aromatic N) is 2. The van der Waals surface area contributed by atoms with Gasteiger partial charge < -0.3 is 14.1 Å². The summed E-state index contributed by atoms with van der Waals surface area (Å²) in [6, 6.07) is 16.2. The van der Waals surface area contributed by atoms with Crippen LogP contribution in [0.5, 0.6) is 0 Å². The van der Waals surface area contributed by atoms with Gasteiger partial charge in [0, 0.05) is 17.4 Å². The number of aromatic nitrogens is 2. The van der Waals surface area contributed by atoms with Crippen molar-refractivity contribution in [2.24, 2.45) is 0 Å². The second kappa shape index (κ2) is 5.08. The molecule has 0 spiro atoms. The lowest BCUT2D eigenvalue weighted by Gasteiger charge is -2.19. The van der Waals surface area contributed by atoms with E-state index in [2.05, 4.69) is 27.8 Å². The fraction of sp³-hybridized carbons (Fsp3) is 0.150. The van der Waals surface area contributed by atoms with Gasteiger partial charge in [0.25, 0.3) is 0 Å². The molecule has 0 amide bonds. The van der Waals surface area contributed by atoms with Crippen LogP contribution in [0, 0.1) is 0 Å². The molecule has 0 fully saturated rings. The molecule has 2 atom stereocenters. The zero-order valence-electron chi connectivity index (χ0n) is 13.0. The maximum absolute atomic E-state index is 10.8. The number of rotatable bonds is 3. The number of aliphatic hydroxyl groups is 1. The van der Waals surface area contributed by atoms with Crippen molar-refractivity contribution in [2.75, 3.05) is 0 Å². The Morgan fingerprint density at radius 2 is 2.08 bits per heavy atom. The summed E-state index contributed by atoms with van der Waals surface area (Å²) in [5.74, 6) is 0. The fourth-order valence-electron chi connectivity index (χ4n) is 3.71. The third-order valence-electron chi connectivity index (χ3n) is 4.91. The second-order valence-corrected chi connectivity index (χ2v) is 6.26. The number of hydrogen-bond donors (Lipinski definition) is 1. The minimum absolute atomic E-state index is 0.105. The predicted octanol–water partition coefficient (Wildman–Crippen LogP) is 4.32. The first-order valence-corrected chi connectivity index (χ1v) is 8.07. The first kappa shape index (κ1) is 13.6. The lowest BCUT2D eigenvalue weighted by molar-refractivity contribution is 0.154. The Bertz CT molecular complexity index is 1030. The highest BCUT2D eigenvalue weighted by Crippen LogP contribution is 2.43. The van der Waals surface area contributed by atoms with Crippen molar-refractivity contribution in [2.45, 2.75) is 18.6 Å². The molecule has 118 valence electrons. The van der Waals surface area contributed by atoms with Crippen LogP contribution < -0.4 is 0 Å². The first-order valence-electron chi connectivity index (χ1n) is 8.07. The van der Waals surface area contributed by atoms with Crippen molar-refractivity contribution in [3.63, 3.8) is 0 Å². The normalized spacial score (nSPS) is 17.0. The van der Waals surface area contributed by atoms with Gasteiger partial charge in [0.05, 0.1) is 36.6 Å². The van der Waals surface area contributed by atoms with Crippen LogP contribution in [0.4, 0.5) is 0 Å². The third kappa shape index (κ3) is 1.93. The number of benzene rings is 2. The number of fused-ring (bicyclic) bond motifs is 4. The van der Waals surface area contributed by atoms with E-state index in [1.807, 2.05) is 42.9 Å².